The van der Waals surface area contributed by atoms with Gasteiger partial charge in [-0.2, -0.15) is 0 Å². The molecular weight excluding hydrogens is 170 g/mol. The molecule has 1 unspecified atom stereocenters. The van der Waals surface area contributed by atoms with Crippen molar-refractivity contribution in [2.24, 2.45) is 5.92 Å². The summed E-state index contributed by atoms with van der Waals surface area (Å²) in [5, 5.41) is 0. The lowest BCUT2D eigenvalue weighted by Crippen LogP contribution is -2.13. The summed E-state index contributed by atoms with van der Waals surface area (Å²) in [6.45, 7) is 4.30. The predicted octanol–water partition coefficient (Wildman–Crippen LogP) is 3.58. The number of aromatic nitrogens is 1. The average molecular weight is 188 g/mol. The molecule has 0 aromatic carbocycles. The zero-order valence-corrected chi connectivity index (χ0v) is 8.65. The topological polar surface area (TPSA) is 12.9 Å². The van der Waals surface area contributed by atoms with Crippen LogP contribution >= 0.6 is 0 Å². The summed E-state index contributed by atoms with van der Waals surface area (Å²) in [4.78, 5) is 4.05. The van der Waals surface area contributed by atoms with Crippen LogP contribution in [0.5, 0.6) is 0 Å². The van der Waals surface area contributed by atoms with Gasteiger partial charge in [-0.1, -0.05) is 19.3 Å². The lowest BCUT2D eigenvalue weighted by molar-refractivity contribution is 0.331. The minimum absolute atomic E-state index is 0.471. The smallest absolute Gasteiger partial charge is 0.0270 e. The second kappa shape index (κ2) is 4.59. The molecule has 1 aliphatic carbocycles. The van der Waals surface area contributed by atoms with Crippen LogP contribution in [0, 0.1) is 12.8 Å². The minimum atomic E-state index is 0.471. The molecule has 0 aliphatic heterocycles. The Morgan fingerprint density at radius 3 is 2.43 bits per heavy atom. The van der Waals surface area contributed by atoms with Crippen molar-refractivity contribution in [3.8, 4) is 0 Å². The van der Waals surface area contributed by atoms with Gasteiger partial charge in [0, 0.05) is 12.4 Å². The van der Waals surface area contributed by atoms with Crippen LogP contribution in [0.1, 0.15) is 43.6 Å². The van der Waals surface area contributed by atoms with E-state index in [9.17, 15) is 0 Å². The van der Waals surface area contributed by atoms with Crippen LogP contribution in [0.2, 0.25) is 0 Å². The molecule has 0 bridgehead atoms. The Morgan fingerprint density at radius 2 is 1.79 bits per heavy atom. The van der Waals surface area contributed by atoms with Crippen LogP contribution in [0.3, 0.4) is 0 Å². The second-order valence-corrected chi connectivity index (χ2v) is 4.29. The summed E-state index contributed by atoms with van der Waals surface area (Å²) in [6, 6.07) is 4.21. The van der Waals surface area contributed by atoms with Crippen LogP contribution < -0.4 is 0 Å². The maximum absolute atomic E-state index is 4.30. The summed E-state index contributed by atoms with van der Waals surface area (Å²) in [6.07, 6.45) is 10.7. The molecule has 0 saturated heterocycles. The maximum Gasteiger partial charge on any atom is 0.0270 e. The summed E-state index contributed by atoms with van der Waals surface area (Å²) in [5.41, 5.74) is 1.35. The molecule has 0 spiro atoms. The predicted molar refractivity (Wildman–Crippen MR) is 58.9 cm³/mol. The van der Waals surface area contributed by atoms with Gasteiger partial charge in [0.2, 0.25) is 0 Å². The molecule has 1 heterocycles. The standard InChI is InChI=1S/C13H18N/c1-11(12-5-3-2-4-6-12)13-7-9-14-10-8-13/h7-12H,1-6H2. The van der Waals surface area contributed by atoms with Gasteiger partial charge in [0.05, 0.1) is 0 Å². The van der Waals surface area contributed by atoms with E-state index in [1.165, 1.54) is 37.7 Å². The lowest BCUT2D eigenvalue weighted by Gasteiger charge is -2.27. The van der Waals surface area contributed by atoms with Gasteiger partial charge < -0.3 is 0 Å². The van der Waals surface area contributed by atoms with E-state index in [4.69, 9.17) is 0 Å². The highest BCUT2D eigenvalue weighted by molar-refractivity contribution is 5.18. The quantitative estimate of drug-likeness (QED) is 0.691. The van der Waals surface area contributed by atoms with Gasteiger partial charge in [0.1, 0.15) is 0 Å². The summed E-state index contributed by atoms with van der Waals surface area (Å²) < 4.78 is 0. The zero-order valence-electron chi connectivity index (χ0n) is 8.65. The molecule has 0 amide bonds. The fraction of sp³-hybridized carbons (Fsp3) is 0.538. The first-order chi connectivity index (χ1) is 6.88. The minimum Gasteiger partial charge on any atom is -0.265 e. The van der Waals surface area contributed by atoms with E-state index in [1.54, 1.807) is 0 Å². The molecule has 1 fully saturated rings. The number of pyridine rings is 1. The van der Waals surface area contributed by atoms with Crippen LogP contribution in [-0.2, 0) is 0 Å². The van der Waals surface area contributed by atoms with Crippen molar-refractivity contribution in [3.63, 3.8) is 0 Å². The number of nitrogens with zero attached hydrogens (tertiary/aromatic N) is 1. The molecule has 2 rings (SSSR count). The monoisotopic (exact) mass is 188 g/mol. The zero-order chi connectivity index (χ0) is 9.80. The van der Waals surface area contributed by atoms with Crippen molar-refractivity contribution in [1.82, 2.24) is 4.98 Å². The molecule has 1 aliphatic rings. The third kappa shape index (κ3) is 2.14. The Kier molecular flexibility index (Phi) is 3.18. The van der Waals surface area contributed by atoms with Crippen LogP contribution in [-0.4, -0.2) is 4.98 Å². The first kappa shape index (κ1) is 9.70. The van der Waals surface area contributed by atoms with Gasteiger partial charge in [-0.05, 0) is 49.3 Å². The van der Waals surface area contributed by atoms with E-state index in [0.29, 0.717) is 5.92 Å². The maximum atomic E-state index is 4.30. The number of hydrogen-bond donors (Lipinski definition) is 0. The van der Waals surface area contributed by atoms with Crippen LogP contribution in [0.25, 0.3) is 0 Å². The van der Waals surface area contributed by atoms with Crippen molar-refractivity contribution >= 4 is 0 Å². The summed E-state index contributed by atoms with van der Waals surface area (Å²) in [5.74, 6) is 1.27. The molecule has 1 aromatic rings. The summed E-state index contributed by atoms with van der Waals surface area (Å²) >= 11 is 0. The Hall–Kier alpha value is -0.850. The highest BCUT2D eigenvalue weighted by Crippen LogP contribution is 2.34. The lowest BCUT2D eigenvalue weighted by atomic mass is 9.78. The first-order valence-corrected chi connectivity index (χ1v) is 5.61. The van der Waals surface area contributed by atoms with Gasteiger partial charge in [-0.3, -0.25) is 4.98 Å². The van der Waals surface area contributed by atoms with Crippen molar-refractivity contribution in [1.29, 1.82) is 0 Å². The Labute approximate surface area is 86.6 Å². The molecule has 1 atom stereocenters. The van der Waals surface area contributed by atoms with E-state index in [-0.39, 0.29) is 0 Å². The Bertz CT molecular complexity index is 262. The van der Waals surface area contributed by atoms with Gasteiger partial charge in [-0.15, -0.1) is 0 Å². The third-order valence-corrected chi connectivity index (χ3v) is 3.35. The van der Waals surface area contributed by atoms with E-state index in [1.807, 2.05) is 12.4 Å². The molecule has 0 N–H and O–H groups in total. The van der Waals surface area contributed by atoms with Gasteiger partial charge in [-0.25, -0.2) is 0 Å². The molecule has 1 saturated carbocycles. The average Bonchev–Trinajstić information content (AvgIpc) is 2.30. The van der Waals surface area contributed by atoms with E-state index < -0.39 is 0 Å². The first-order valence-electron chi connectivity index (χ1n) is 5.61. The fourth-order valence-corrected chi connectivity index (χ4v) is 2.42. The molecule has 14 heavy (non-hydrogen) atoms. The highest BCUT2D eigenvalue weighted by Gasteiger charge is 2.20. The number of rotatable bonds is 2. The fourth-order valence-electron chi connectivity index (χ4n) is 2.42. The second-order valence-electron chi connectivity index (χ2n) is 4.29. The SMILES string of the molecule is [CH2]C(c1ccncc1)C1CCCCC1. The normalized spacial score (nSPS) is 20.6. The third-order valence-electron chi connectivity index (χ3n) is 3.35. The van der Waals surface area contributed by atoms with Crippen molar-refractivity contribution in [3.05, 3.63) is 37.0 Å². The molecule has 1 aromatic heterocycles. The van der Waals surface area contributed by atoms with Crippen LogP contribution in [0.15, 0.2) is 24.5 Å². The Morgan fingerprint density at radius 1 is 1.14 bits per heavy atom. The largest absolute Gasteiger partial charge is 0.265 e. The van der Waals surface area contributed by atoms with E-state index in [2.05, 4.69) is 24.0 Å². The van der Waals surface area contributed by atoms with E-state index in [0.717, 1.165) is 5.92 Å². The van der Waals surface area contributed by atoms with E-state index >= 15 is 0 Å². The molecular formula is C13H18N. The van der Waals surface area contributed by atoms with Crippen molar-refractivity contribution < 1.29 is 0 Å². The van der Waals surface area contributed by atoms with Crippen molar-refractivity contribution in [2.75, 3.05) is 0 Å². The molecule has 1 nitrogen and oxygen atoms in total. The molecule has 75 valence electrons. The van der Waals surface area contributed by atoms with Crippen molar-refractivity contribution in [2.45, 2.75) is 38.0 Å². The van der Waals surface area contributed by atoms with Crippen LogP contribution in [0.4, 0.5) is 0 Å². The van der Waals surface area contributed by atoms with Gasteiger partial charge >= 0.3 is 0 Å². The van der Waals surface area contributed by atoms with Gasteiger partial charge in [0.15, 0.2) is 0 Å². The summed E-state index contributed by atoms with van der Waals surface area (Å²) in [7, 11) is 0. The Balaban J connectivity index is 2.03. The molecule has 1 radical (unpaired) electrons. The molecule has 1 heteroatoms. The number of hydrogen-bond acceptors (Lipinski definition) is 1. The highest BCUT2D eigenvalue weighted by atomic mass is 14.6. The van der Waals surface area contributed by atoms with Gasteiger partial charge in [0.25, 0.3) is 0 Å².